The summed E-state index contributed by atoms with van der Waals surface area (Å²) in [5, 5.41) is 0. The highest BCUT2D eigenvalue weighted by molar-refractivity contribution is 5.82. The number of methoxy groups -OCH3 is 1. The van der Waals surface area contributed by atoms with Gasteiger partial charge in [-0.05, 0) is 26.0 Å². The topological polar surface area (TPSA) is 21.6 Å². The van der Waals surface area contributed by atoms with Gasteiger partial charge in [0, 0.05) is 5.71 Å². The Bertz CT molecular complexity index is 288. The molecule has 0 atom stereocenters. The molecule has 0 aromatic heterocycles. The predicted octanol–water partition coefficient (Wildman–Crippen LogP) is 2.81. The van der Waals surface area contributed by atoms with Crippen molar-refractivity contribution < 1.29 is 4.74 Å². The first-order valence-electron chi connectivity index (χ1n) is 3.89. The summed E-state index contributed by atoms with van der Waals surface area (Å²) in [6.07, 6.45) is 0. The Hall–Kier alpha value is -1.31. The van der Waals surface area contributed by atoms with Crippen molar-refractivity contribution >= 4 is 11.4 Å². The van der Waals surface area contributed by atoms with Crippen LogP contribution in [0.15, 0.2) is 29.3 Å². The Morgan fingerprint density at radius 2 is 1.92 bits per heavy atom. The molecule has 0 fully saturated rings. The summed E-state index contributed by atoms with van der Waals surface area (Å²) in [6.45, 7) is 3.93. The fourth-order valence-corrected chi connectivity index (χ4v) is 0.963. The summed E-state index contributed by atoms with van der Waals surface area (Å²) in [5.41, 5.74) is 1.92. The van der Waals surface area contributed by atoms with Crippen LogP contribution in [0.25, 0.3) is 0 Å². The molecule has 0 aliphatic heterocycles. The quantitative estimate of drug-likeness (QED) is 0.614. The lowest BCUT2D eigenvalue weighted by Crippen LogP contribution is -1.84. The number of benzene rings is 1. The minimum Gasteiger partial charge on any atom is -0.494 e. The fraction of sp³-hybridized carbons (Fsp3) is 0.300. The van der Waals surface area contributed by atoms with Crippen LogP contribution in [-0.4, -0.2) is 12.8 Å². The molecule has 2 nitrogen and oxygen atoms in total. The third kappa shape index (κ3) is 2.09. The van der Waals surface area contributed by atoms with Crippen LogP contribution in [0.5, 0.6) is 5.75 Å². The average Bonchev–Trinajstić information content (AvgIpc) is 2.04. The maximum absolute atomic E-state index is 5.14. The van der Waals surface area contributed by atoms with E-state index in [1.807, 2.05) is 38.1 Å². The van der Waals surface area contributed by atoms with Crippen molar-refractivity contribution in [3.8, 4) is 5.75 Å². The van der Waals surface area contributed by atoms with E-state index < -0.39 is 0 Å². The Morgan fingerprint density at radius 3 is 2.50 bits per heavy atom. The van der Waals surface area contributed by atoms with Gasteiger partial charge in [0.05, 0.1) is 7.11 Å². The van der Waals surface area contributed by atoms with Crippen molar-refractivity contribution in [2.45, 2.75) is 13.8 Å². The van der Waals surface area contributed by atoms with Gasteiger partial charge in [0.1, 0.15) is 11.4 Å². The molecule has 1 aromatic carbocycles. The molecule has 1 aromatic rings. The summed E-state index contributed by atoms with van der Waals surface area (Å²) in [4.78, 5) is 4.32. The van der Waals surface area contributed by atoms with Gasteiger partial charge < -0.3 is 4.74 Å². The van der Waals surface area contributed by atoms with Crippen LogP contribution in [-0.2, 0) is 0 Å². The second kappa shape index (κ2) is 3.90. The average molecular weight is 163 g/mol. The number of rotatable bonds is 2. The molecule has 64 valence electrons. The van der Waals surface area contributed by atoms with E-state index in [0.29, 0.717) is 0 Å². The monoisotopic (exact) mass is 163 g/mol. The first-order chi connectivity index (χ1) is 5.74. The Balaban J connectivity index is 3.05. The highest BCUT2D eigenvalue weighted by atomic mass is 16.5. The van der Waals surface area contributed by atoms with Gasteiger partial charge in [-0.15, -0.1) is 0 Å². The van der Waals surface area contributed by atoms with Crippen LogP contribution in [0.3, 0.4) is 0 Å². The number of ether oxygens (including phenoxy) is 1. The first-order valence-corrected chi connectivity index (χ1v) is 3.89. The number of para-hydroxylation sites is 2. The zero-order valence-electron chi connectivity index (χ0n) is 7.66. The molecule has 0 N–H and O–H groups in total. The zero-order valence-corrected chi connectivity index (χ0v) is 7.66. The SMILES string of the molecule is COc1ccccc1N=C(C)C. The van der Waals surface area contributed by atoms with Crippen molar-refractivity contribution in [2.24, 2.45) is 4.99 Å². The number of hydrogen-bond donors (Lipinski definition) is 0. The van der Waals surface area contributed by atoms with Crippen LogP contribution in [0.4, 0.5) is 5.69 Å². The van der Waals surface area contributed by atoms with Crippen LogP contribution >= 0.6 is 0 Å². The van der Waals surface area contributed by atoms with Crippen molar-refractivity contribution in [3.05, 3.63) is 24.3 Å². The van der Waals surface area contributed by atoms with Gasteiger partial charge >= 0.3 is 0 Å². The van der Waals surface area contributed by atoms with E-state index in [4.69, 9.17) is 4.74 Å². The minimum absolute atomic E-state index is 0.818. The Morgan fingerprint density at radius 1 is 1.25 bits per heavy atom. The maximum atomic E-state index is 5.14. The van der Waals surface area contributed by atoms with Gasteiger partial charge in [0.25, 0.3) is 0 Å². The molecule has 2 heteroatoms. The zero-order chi connectivity index (χ0) is 8.97. The largest absolute Gasteiger partial charge is 0.494 e. The van der Waals surface area contributed by atoms with Gasteiger partial charge in [-0.2, -0.15) is 0 Å². The van der Waals surface area contributed by atoms with E-state index in [0.717, 1.165) is 17.1 Å². The lowest BCUT2D eigenvalue weighted by Gasteiger charge is -2.02. The van der Waals surface area contributed by atoms with Crippen molar-refractivity contribution in [1.29, 1.82) is 0 Å². The summed E-state index contributed by atoms with van der Waals surface area (Å²) in [6, 6.07) is 7.72. The second-order valence-electron chi connectivity index (χ2n) is 2.73. The molecule has 0 spiro atoms. The third-order valence-corrected chi connectivity index (χ3v) is 1.43. The Labute approximate surface area is 72.9 Å². The smallest absolute Gasteiger partial charge is 0.144 e. The van der Waals surface area contributed by atoms with Gasteiger partial charge in [-0.1, -0.05) is 12.1 Å². The normalized spacial score (nSPS) is 9.25. The van der Waals surface area contributed by atoms with Crippen molar-refractivity contribution in [1.82, 2.24) is 0 Å². The van der Waals surface area contributed by atoms with Crippen LogP contribution < -0.4 is 4.74 Å². The fourth-order valence-electron chi connectivity index (χ4n) is 0.963. The first kappa shape index (κ1) is 8.78. The summed E-state index contributed by atoms with van der Waals surface area (Å²) in [7, 11) is 1.65. The van der Waals surface area contributed by atoms with Gasteiger partial charge in [-0.25, -0.2) is 0 Å². The Kier molecular flexibility index (Phi) is 2.86. The van der Waals surface area contributed by atoms with Gasteiger partial charge in [0.2, 0.25) is 0 Å². The summed E-state index contributed by atoms with van der Waals surface area (Å²) in [5.74, 6) is 0.818. The molecule has 12 heavy (non-hydrogen) atoms. The van der Waals surface area contributed by atoms with Crippen LogP contribution in [0, 0.1) is 0 Å². The van der Waals surface area contributed by atoms with E-state index in [9.17, 15) is 0 Å². The molecule has 0 bridgehead atoms. The molecule has 0 saturated heterocycles. The van der Waals surface area contributed by atoms with E-state index in [2.05, 4.69) is 4.99 Å². The highest BCUT2D eigenvalue weighted by Crippen LogP contribution is 2.26. The molecule has 0 saturated carbocycles. The number of hydrogen-bond acceptors (Lipinski definition) is 2. The predicted molar refractivity (Wildman–Crippen MR) is 51.4 cm³/mol. The molecule has 0 heterocycles. The maximum Gasteiger partial charge on any atom is 0.144 e. The molecule has 0 unspecified atom stereocenters. The molecule has 1 rings (SSSR count). The van der Waals surface area contributed by atoms with E-state index in [1.165, 1.54) is 0 Å². The molecular formula is C10H13NO. The summed E-state index contributed by atoms with van der Waals surface area (Å²) < 4.78 is 5.14. The van der Waals surface area contributed by atoms with Crippen molar-refractivity contribution in [3.63, 3.8) is 0 Å². The summed E-state index contributed by atoms with van der Waals surface area (Å²) >= 11 is 0. The highest BCUT2D eigenvalue weighted by Gasteiger charge is 1.97. The molecule has 0 amide bonds. The standard InChI is InChI=1S/C10H13NO/c1-8(2)11-9-6-4-5-7-10(9)12-3/h4-7H,1-3H3. The lowest BCUT2D eigenvalue weighted by atomic mass is 10.3. The van der Waals surface area contributed by atoms with Crippen LogP contribution in [0.2, 0.25) is 0 Å². The minimum atomic E-state index is 0.818. The molecule has 0 aliphatic rings. The van der Waals surface area contributed by atoms with Gasteiger partial charge in [0.15, 0.2) is 0 Å². The van der Waals surface area contributed by atoms with Crippen LogP contribution in [0.1, 0.15) is 13.8 Å². The third-order valence-electron chi connectivity index (χ3n) is 1.43. The number of aliphatic imine (C=N–C) groups is 1. The van der Waals surface area contributed by atoms with E-state index in [1.54, 1.807) is 7.11 Å². The van der Waals surface area contributed by atoms with E-state index in [-0.39, 0.29) is 0 Å². The lowest BCUT2D eigenvalue weighted by molar-refractivity contribution is 0.416. The molecule has 0 aliphatic carbocycles. The van der Waals surface area contributed by atoms with Crippen molar-refractivity contribution in [2.75, 3.05) is 7.11 Å². The second-order valence-corrected chi connectivity index (χ2v) is 2.73. The molecule has 0 radical (unpaired) electrons. The van der Waals surface area contributed by atoms with E-state index >= 15 is 0 Å². The molecular weight excluding hydrogens is 150 g/mol. The van der Waals surface area contributed by atoms with Gasteiger partial charge in [-0.3, -0.25) is 4.99 Å². The number of nitrogens with zero attached hydrogens (tertiary/aromatic N) is 1.